The number of halogens is 1. The van der Waals surface area contributed by atoms with Crippen LogP contribution in [0.15, 0.2) is 10.8 Å². The van der Waals surface area contributed by atoms with Crippen LogP contribution >= 0.6 is 22.7 Å². The van der Waals surface area contributed by atoms with E-state index >= 15 is 0 Å². The van der Waals surface area contributed by atoms with Crippen LogP contribution in [0, 0.1) is 0 Å². The standard InChI is InChI=1S/C16H22N4O2S3.ClH/c1-11(21)17-7-5-14-19-13(10-23-14)16-20-12(9-24-16)15(22)18-6-4-8-25(2)3;/h9-10H,4-8H2,1-3H3,(H-,17,18,21,22);1H. The van der Waals surface area contributed by atoms with Crippen LogP contribution in [0.2, 0.25) is 0 Å². The van der Waals surface area contributed by atoms with E-state index in [1.165, 1.54) is 29.6 Å². The summed E-state index contributed by atoms with van der Waals surface area (Å²) in [4.78, 5) is 31.9. The number of carbonyl (C=O) groups is 2. The van der Waals surface area contributed by atoms with Gasteiger partial charge in [-0.15, -0.1) is 22.7 Å². The molecule has 2 heterocycles. The van der Waals surface area contributed by atoms with Gasteiger partial charge in [0, 0.05) is 43.6 Å². The second kappa shape index (κ2) is 11.5. The molecule has 0 spiro atoms. The number of nitrogens with one attached hydrogen (secondary N) is 2. The molecule has 2 aromatic rings. The first kappa shape index (κ1) is 22.9. The summed E-state index contributed by atoms with van der Waals surface area (Å²) in [6.45, 7) is 2.75. The van der Waals surface area contributed by atoms with E-state index in [0.29, 0.717) is 36.1 Å². The van der Waals surface area contributed by atoms with Crippen LogP contribution in [0.3, 0.4) is 0 Å². The molecule has 2 rings (SSSR count). The van der Waals surface area contributed by atoms with Crippen molar-refractivity contribution in [2.24, 2.45) is 0 Å². The normalized spacial score (nSPS) is 10.5. The molecule has 2 amide bonds. The van der Waals surface area contributed by atoms with Gasteiger partial charge in [-0.2, -0.15) is 0 Å². The summed E-state index contributed by atoms with van der Waals surface area (Å²) in [5, 5.41) is 11.1. The van der Waals surface area contributed by atoms with Crippen LogP contribution in [0.5, 0.6) is 0 Å². The highest BCUT2D eigenvalue weighted by Crippen LogP contribution is 2.25. The van der Waals surface area contributed by atoms with E-state index in [1.807, 2.05) is 5.38 Å². The minimum atomic E-state index is -0.129. The fraction of sp³-hybridized carbons (Fsp3) is 0.500. The SMILES string of the molecule is CC(=O)NCCc1nc(-c2nc(C(=O)NCCC[S+](C)C)cs2)cs1.[Cl-]. The molecule has 0 aliphatic rings. The Morgan fingerprint density at radius 3 is 2.58 bits per heavy atom. The van der Waals surface area contributed by atoms with Gasteiger partial charge in [-0.3, -0.25) is 9.59 Å². The van der Waals surface area contributed by atoms with E-state index in [-0.39, 0.29) is 24.2 Å². The molecule has 0 unspecified atom stereocenters. The third-order valence-corrected chi connectivity index (χ3v) is 6.11. The lowest BCUT2D eigenvalue weighted by atomic mass is 10.4. The Morgan fingerprint density at radius 2 is 1.88 bits per heavy atom. The minimum Gasteiger partial charge on any atom is -1.00 e. The third kappa shape index (κ3) is 7.61. The Hall–Kier alpha value is -1.16. The summed E-state index contributed by atoms with van der Waals surface area (Å²) >= 11 is 2.96. The van der Waals surface area contributed by atoms with Gasteiger partial charge in [-0.05, 0) is 10.9 Å². The molecule has 0 aromatic carbocycles. The Balaban J connectivity index is 0.00000338. The first-order valence-electron chi connectivity index (χ1n) is 7.93. The van der Waals surface area contributed by atoms with Gasteiger partial charge in [0.15, 0.2) is 0 Å². The number of amides is 2. The number of nitrogens with zero attached hydrogens (tertiary/aromatic N) is 2. The molecule has 0 bridgehead atoms. The van der Waals surface area contributed by atoms with Gasteiger partial charge in [0.2, 0.25) is 5.91 Å². The summed E-state index contributed by atoms with van der Waals surface area (Å²) in [6.07, 6.45) is 6.09. The van der Waals surface area contributed by atoms with Crippen LogP contribution in [0.1, 0.15) is 28.8 Å². The van der Waals surface area contributed by atoms with E-state index in [9.17, 15) is 9.59 Å². The highest BCUT2D eigenvalue weighted by Gasteiger charge is 2.14. The molecule has 0 radical (unpaired) electrons. The predicted molar refractivity (Wildman–Crippen MR) is 107 cm³/mol. The van der Waals surface area contributed by atoms with Crippen molar-refractivity contribution in [3.05, 3.63) is 21.5 Å². The molecule has 6 nitrogen and oxygen atoms in total. The average molecular weight is 435 g/mol. The zero-order valence-corrected chi connectivity index (χ0v) is 18.2. The van der Waals surface area contributed by atoms with Crippen LogP contribution in [0.4, 0.5) is 0 Å². The monoisotopic (exact) mass is 434 g/mol. The van der Waals surface area contributed by atoms with Gasteiger partial charge < -0.3 is 23.0 Å². The summed E-state index contributed by atoms with van der Waals surface area (Å²) in [6, 6.07) is 0. The smallest absolute Gasteiger partial charge is 0.270 e. The second-order valence-corrected chi connectivity index (χ2v) is 9.88. The van der Waals surface area contributed by atoms with Crippen molar-refractivity contribution in [2.45, 2.75) is 19.8 Å². The van der Waals surface area contributed by atoms with Gasteiger partial charge in [0.25, 0.3) is 5.91 Å². The number of thiazole rings is 2. The van der Waals surface area contributed by atoms with Gasteiger partial charge in [-0.25, -0.2) is 9.97 Å². The number of hydrogen-bond donors (Lipinski definition) is 2. The lowest BCUT2D eigenvalue weighted by molar-refractivity contribution is -0.118. The van der Waals surface area contributed by atoms with E-state index in [0.717, 1.165) is 27.9 Å². The molecule has 144 valence electrons. The van der Waals surface area contributed by atoms with Crippen molar-refractivity contribution in [1.82, 2.24) is 20.6 Å². The van der Waals surface area contributed by atoms with Crippen LogP contribution in [0.25, 0.3) is 10.7 Å². The molecule has 26 heavy (non-hydrogen) atoms. The topological polar surface area (TPSA) is 84.0 Å². The summed E-state index contributed by atoms with van der Waals surface area (Å²) < 4.78 is 0. The lowest BCUT2D eigenvalue weighted by Crippen LogP contribution is -3.00. The predicted octanol–water partition coefficient (Wildman–Crippen LogP) is -1.05. The molecule has 0 saturated carbocycles. The van der Waals surface area contributed by atoms with Gasteiger partial charge >= 0.3 is 0 Å². The zero-order valence-electron chi connectivity index (χ0n) is 15.0. The van der Waals surface area contributed by atoms with Crippen molar-refractivity contribution in [2.75, 3.05) is 31.4 Å². The summed E-state index contributed by atoms with van der Waals surface area (Å²) in [5.74, 6) is 0.958. The van der Waals surface area contributed by atoms with E-state index in [1.54, 1.807) is 5.38 Å². The largest absolute Gasteiger partial charge is 1.00 e. The Kier molecular flexibility index (Phi) is 10.1. The summed E-state index contributed by atoms with van der Waals surface area (Å²) in [7, 11) is 0.406. The number of aromatic nitrogens is 2. The van der Waals surface area contributed by atoms with Crippen LogP contribution in [-0.2, 0) is 22.1 Å². The number of carbonyl (C=O) groups excluding carboxylic acids is 2. The molecular formula is C16H23ClN4O2S3. The van der Waals surface area contributed by atoms with E-state index in [4.69, 9.17) is 0 Å². The Labute approximate surface area is 171 Å². The summed E-state index contributed by atoms with van der Waals surface area (Å²) in [5.41, 5.74) is 1.23. The molecule has 0 aliphatic heterocycles. The Bertz CT molecular complexity index is 718. The Morgan fingerprint density at radius 1 is 1.12 bits per heavy atom. The van der Waals surface area contributed by atoms with Crippen molar-refractivity contribution in [3.63, 3.8) is 0 Å². The highest BCUT2D eigenvalue weighted by atomic mass is 35.5. The quantitative estimate of drug-likeness (QED) is 0.389. The molecular weight excluding hydrogens is 412 g/mol. The molecule has 0 fully saturated rings. The van der Waals surface area contributed by atoms with E-state index in [2.05, 4.69) is 33.1 Å². The maximum absolute atomic E-state index is 12.1. The van der Waals surface area contributed by atoms with Crippen molar-refractivity contribution < 1.29 is 22.0 Å². The second-order valence-electron chi connectivity index (χ2n) is 5.70. The first-order valence-corrected chi connectivity index (χ1v) is 11.9. The van der Waals surface area contributed by atoms with Gasteiger partial charge in [0.1, 0.15) is 22.1 Å². The molecule has 10 heteroatoms. The maximum atomic E-state index is 12.1. The molecule has 0 atom stereocenters. The number of rotatable bonds is 9. The number of hydrogen-bond acceptors (Lipinski definition) is 6. The molecule has 2 N–H and O–H groups in total. The highest BCUT2D eigenvalue weighted by molar-refractivity contribution is 7.95. The first-order chi connectivity index (χ1) is 12.0. The van der Waals surface area contributed by atoms with Crippen LogP contribution < -0.4 is 23.0 Å². The molecule has 0 aliphatic carbocycles. The van der Waals surface area contributed by atoms with Crippen molar-refractivity contribution in [1.29, 1.82) is 0 Å². The molecule has 0 saturated heterocycles. The maximum Gasteiger partial charge on any atom is 0.270 e. The van der Waals surface area contributed by atoms with Crippen LogP contribution in [-0.4, -0.2) is 53.1 Å². The lowest BCUT2D eigenvalue weighted by Gasteiger charge is -2.01. The van der Waals surface area contributed by atoms with Crippen molar-refractivity contribution in [3.8, 4) is 10.7 Å². The van der Waals surface area contributed by atoms with Gasteiger partial charge in [-0.1, -0.05) is 0 Å². The zero-order chi connectivity index (χ0) is 18.2. The third-order valence-electron chi connectivity index (χ3n) is 3.24. The molecule has 2 aromatic heterocycles. The minimum absolute atomic E-state index is 0. The van der Waals surface area contributed by atoms with E-state index < -0.39 is 0 Å². The van der Waals surface area contributed by atoms with Gasteiger partial charge in [0.05, 0.1) is 17.5 Å². The van der Waals surface area contributed by atoms with Crippen molar-refractivity contribution >= 4 is 45.4 Å². The fourth-order valence-electron chi connectivity index (χ4n) is 2.02. The fourth-order valence-corrected chi connectivity index (χ4v) is 4.36. The average Bonchev–Trinajstić information content (AvgIpc) is 3.19.